The smallest absolute Gasteiger partial charge is 0.191 e. The van der Waals surface area contributed by atoms with Crippen LogP contribution < -0.4 is 10.6 Å². The normalized spacial score (nSPS) is 16.0. The number of rotatable bonds is 3. The lowest BCUT2D eigenvalue weighted by Crippen LogP contribution is -2.38. The zero-order valence-corrected chi connectivity index (χ0v) is 10.9. The molecule has 2 N–H and O–H groups in total. The van der Waals surface area contributed by atoms with Crippen molar-refractivity contribution in [2.24, 2.45) is 4.99 Å². The van der Waals surface area contributed by atoms with Gasteiger partial charge in [0.05, 0.1) is 0 Å². The van der Waals surface area contributed by atoms with Crippen LogP contribution in [0.1, 0.15) is 18.4 Å². The molecule has 0 unspecified atom stereocenters. The van der Waals surface area contributed by atoms with Gasteiger partial charge in [0.15, 0.2) is 5.96 Å². The Kier molecular flexibility index (Phi) is 3.83. The Morgan fingerprint density at radius 2 is 2.19 bits per heavy atom. The van der Waals surface area contributed by atoms with E-state index in [9.17, 15) is 0 Å². The Hall–Kier alpha value is -1.03. The highest BCUT2D eigenvalue weighted by atomic mass is 79.9. The van der Waals surface area contributed by atoms with Crippen LogP contribution in [-0.4, -0.2) is 19.0 Å². The molecule has 1 aliphatic rings. The summed E-state index contributed by atoms with van der Waals surface area (Å²) in [5.41, 5.74) is 1.24. The summed E-state index contributed by atoms with van der Waals surface area (Å²) in [7, 11) is 1.80. The number of aliphatic imine (C=N–C) groups is 1. The molecule has 1 saturated carbocycles. The van der Waals surface area contributed by atoms with Crippen LogP contribution in [-0.2, 0) is 6.54 Å². The first-order chi connectivity index (χ1) is 7.79. The second-order valence-electron chi connectivity index (χ2n) is 3.94. The SMILES string of the molecule is CN=C(NCc1ccccc1Br)NC1CC1. The quantitative estimate of drug-likeness (QED) is 0.659. The van der Waals surface area contributed by atoms with E-state index >= 15 is 0 Å². The molecule has 1 fully saturated rings. The molecule has 0 amide bonds. The molecule has 1 aromatic carbocycles. The molecule has 0 saturated heterocycles. The summed E-state index contributed by atoms with van der Waals surface area (Å²) in [6.45, 7) is 0.786. The summed E-state index contributed by atoms with van der Waals surface area (Å²) >= 11 is 3.53. The summed E-state index contributed by atoms with van der Waals surface area (Å²) in [6, 6.07) is 8.84. The number of hydrogen-bond donors (Lipinski definition) is 2. The maximum atomic E-state index is 4.19. The van der Waals surface area contributed by atoms with Crippen molar-refractivity contribution in [3.05, 3.63) is 34.3 Å². The highest BCUT2D eigenvalue weighted by Gasteiger charge is 2.21. The summed E-state index contributed by atoms with van der Waals surface area (Å²) in [5, 5.41) is 6.66. The maximum Gasteiger partial charge on any atom is 0.191 e. The Bertz CT molecular complexity index is 386. The average molecular weight is 282 g/mol. The van der Waals surface area contributed by atoms with E-state index in [0.29, 0.717) is 6.04 Å². The van der Waals surface area contributed by atoms with Crippen LogP contribution in [0.5, 0.6) is 0 Å². The highest BCUT2D eigenvalue weighted by Crippen LogP contribution is 2.18. The molecular weight excluding hydrogens is 266 g/mol. The average Bonchev–Trinajstić information content (AvgIpc) is 3.10. The zero-order chi connectivity index (χ0) is 11.4. The van der Waals surface area contributed by atoms with Crippen molar-refractivity contribution >= 4 is 21.9 Å². The molecule has 2 rings (SSSR count). The Balaban J connectivity index is 1.87. The van der Waals surface area contributed by atoms with Crippen LogP contribution in [0, 0.1) is 0 Å². The molecular formula is C12H16BrN3. The third-order valence-corrected chi connectivity index (χ3v) is 3.32. The van der Waals surface area contributed by atoms with E-state index in [2.05, 4.69) is 37.6 Å². The molecule has 0 aromatic heterocycles. The molecule has 1 aromatic rings. The van der Waals surface area contributed by atoms with Crippen molar-refractivity contribution in [1.29, 1.82) is 0 Å². The molecule has 4 heteroatoms. The third-order valence-electron chi connectivity index (χ3n) is 2.55. The number of halogens is 1. The number of benzene rings is 1. The van der Waals surface area contributed by atoms with Gasteiger partial charge >= 0.3 is 0 Å². The van der Waals surface area contributed by atoms with Gasteiger partial charge in [-0.1, -0.05) is 34.1 Å². The summed E-state index contributed by atoms with van der Waals surface area (Å²) in [5.74, 6) is 0.887. The van der Waals surface area contributed by atoms with Crippen molar-refractivity contribution in [2.75, 3.05) is 7.05 Å². The summed E-state index contributed by atoms with van der Waals surface area (Å²) in [6.07, 6.45) is 2.52. The first-order valence-electron chi connectivity index (χ1n) is 5.50. The van der Waals surface area contributed by atoms with Crippen LogP contribution in [0.3, 0.4) is 0 Å². The second kappa shape index (κ2) is 5.34. The minimum absolute atomic E-state index is 0.630. The molecule has 0 aliphatic heterocycles. The minimum atomic E-state index is 0.630. The van der Waals surface area contributed by atoms with Crippen molar-refractivity contribution in [3.63, 3.8) is 0 Å². The zero-order valence-electron chi connectivity index (χ0n) is 9.33. The van der Waals surface area contributed by atoms with Crippen molar-refractivity contribution < 1.29 is 0 Å². The van der Waals surface area contributed by atoms with Crippen molar-refractivity contribution in [1.82, 2.24) is 10.6 Å². The van der Waals surface area contributed by atoms with Crippen molar-refractivity contribution in [2.45, 2.75) is 25.4 Å². The van der Waals surface area contributed by atoms with Crippen LogP contribution in [0.2, 0.25) is 0 Å². The molecule has 0 bridgehead atoms. The maximum absolute atomic E-state index is 4.19. The Morgan fingerprint density at radius 1 is 1.44 bits per heavy atom. The molecule has 0 spiro atoms. The number of guanidine groups is 1. The van der Waals surface area contributed by atoms with Crippen LogP contribution >= 0.6 is 15.9 Å². The number of nitrogens with one attached hydrogen (secondary N) is 2. The minimum Gasteiger partial charge on any atom is -0.354 e. The predicted molar refractivity (Wildman–Crippen MR) is 70.5 cm³/mol. The fourth-order valence-electron chi connectivity index (χ4n) is 1.44. The van der Waals surface area contributed by atoms with Gasteiger partial charge in [-0.3, -0.25) is 4.99 Å². The fourth-order valence-corrected chi connectivity index (χ4v) is 1.86. The number of nitrogens with zero attached hydrogens (tertiary/aromatic N) is 1. The standard InChI is InChI=1S/C12H16BrN3/c1-14-12(16-10-6-7-10)15-8-9-4-2-3-5-11(9)13/h2-5,10H,6-8H2,1H3,(H2,14,15,16). The van der Waals surface area contributed by atoms with Gasteiger partial charge in [-0.25, -0.2) is 0 Å². The van der Waals surface area contributed by atoms with Gasteiger partial charge < -0.3 is 10.6 Å². The van der Waals surface area contributed by atoms with Gasteiger partial charge in [-0.15, -0.1) is 0 Å². The lowest BCUT2D eigenvalue weighted by atomic mass is 10.2. The highest BCUT2D eigenvalue weighted by molar-refractivity contribution is 9.10. The summed E-state index contributed by atoms with van der Waals surface area (Å²) in [4.78, 5) is 4.19. The van der Waals surface area contributed by atoms with E-state index in [4.69, 9.17) is 0 Å². The van der Waals surface area contributed by atoms with E-state index in [-0.39, 0.29) is 0 Å². The van der Waals surface area contributed by atoms with E-state index in [1.54, 1.807) is 7.05 Å². The molecule has 16 heavy (non-hydrogen) atoms. The first kappa shape index (κ1) is 11.5. The van der Waals surface area contributed by atoms with Gasteiger partial charge in [0, 0.05) is 24.1 Å². The number of hydrogen-bond acceptors (Lipinski definition) is 1. The van der Waals surface area contributed by atoms with Crippen LogP contribution in [0.25, 0.3) is 0 Å². The third kappa shape index (κ3) is 3.23. The Morgan fingerprint density at radius 3 is 2.81 bits per heavy atom. The van der Waals surface area contributed by atoms with Gasteiger partial charge in [0.2, 0.25) is 0 Å². The molecule has 0 radical (unpaired) electrons. The van der Waals surface area contributed by atoms with Gasteiger partial charge in [-0.2, -0.15) is 0 Å². The largest absolute Gasteiger partial charge is 0.354 e. The first-order valence-corrected chi connectivity index (χ1v) is 6.29. The molecule has 0 atom stereocenters. The topological polar surface area (TPSA) is 36.4 Å². The van der Waals surface area contributed by atoms with Crippen LogP contribution in [0.4, 0.5) is 0 Å². The van der Waals surface area contributed by atoms with Gasteiger partial charge in [0.1, 0.15) is 0 Å². The Labute approximate surface area is 104 Å². The lowest BCUT2D eigenvalue weighted by molar-refractivity contribution is 0.804. The summed E-state index contributed by atoms with van der Waals surface area (Å²) < 4.78 is 1.13. The monoisotopic (exact) mass is 281 g/mol. The molecule has 1 aliphatic carbocycles. The van der Waals surface area contributed by atoms with E-state index < -0.39 is 0 Å². The molecule has 3 nitrogen and oxygen atoms in total. The lowest BCUT2D eigenvalue weighted by Gasteiger charge is -2.11. The fraction of sp³-hybridized carbons (Fsp3) is 0.417. The van der Waals surface area contributed by atoms with Gasteiger partial charge in [-0.05, 0) is 24.5 Å². The van der Waals surface area contributed by atoms with Gasteiger partial charge in [0.25, 0.3) is 0 Å². The van der Waals surface area contributed by atoms with Crippen molar-refractivity contribution in [3.8, 4) is 0 Å². The van der Waals surface area contributed by atoms with E-state index in [1.807, 2.05) is 18.2 Å². The van der Waals surface area contributed by atoms with E-state index in [1.165, 1.54) is 18.4 Å². The second-order valence-corrected chi connectivity index (χ2v) is 4.79. The molecule has 86 valence electrons. The van der Waals surface area contributed by atoms with E-state index in [0.717, 1.165) is 17.0 Å². The molecule has 0 heterocycles. The van der Waals surface area contributed by atoms with Crippen LogP contribution in [0.15, 0.2) is 33.7 Å². The predicted octanol–water partition coefficient (Wildman–Crippen LogP) is 2.28.